The average Bonchev–Trinajstić information content (AvgIpc) is 0.942. The number of carbonyl (C=O) groups excluding carboxylic acids is 9. The molecule has 0 N–H and O–H groups in total. The fourth-order valence-corrected chi connectivity index (χ4v) is 10.6. The smallest absolute Gasteiger partial charge is 0.330 e. The van der Waals surface area contributed by atoms with E-state index in [2.05, 4.69) is 24.5 Å². The first-order valence-electron chi connectivity index (χ1n) is 31.9. The molecule has 4 aromatic rings. The number of rotatable bonds is 41. The summed E-state index contributed by atoms with van der Waals surface area (Å²) in [6.45, 7) is 17.1. The molecule has 5 rings (SSSR count). The zero-order chi connectivity index (χ0) is 66.1. The summed E-state index contributed by atoms with van der Waals surface area (Å²) in [5, 5.41) is 0. The van der Waals surface area contributed by atoms with Crippen LogP contribution in [0.1, 0.15) is 223 Å². The molecule has 0 amide bonds. The van der Waals surface area contributed by atoms with Gasteiger partial charge in [-0.1, -0.05) is 98.8 Å². The maximum absolute atomic E-state index is 14.7. The highest BCUT2D eigenvalue weighted by molar-refractivity contribution is 5.99. The van der Waals surface area contributed by atoms with Crippen LogP contribution < -0.4 is 18.9 Å². The number of ether oxygens (including phenoxy) is 9. The Kier molecular flexibility index (Phi) is 31.7. The van der Waals surface area contributed by atoms with Crippen LogP contribution in [-0.4, -0.2) is 113 Å². The summed E-state index contributed by atoms with van der Waals surface area (Å²) >= 11 is 0. The molecule has 0 heterocycles. The molecule has 4 aromatic carbocycles. The molecule has 8 bridgehead atoms. The van der Waals surface area contributed by atoms with Gasteiger partial charge in [0.2, 0.25) is 0 Å². The number of hydrogen-bond acceptors (Lipinski definition) is 18. The van der Waals surface area contributed by atoms with E-state index in [4.69, 9.17) is 37.9 Å². The first-order valence-corrected chi connectivity index (χ1v) is 31.9. The van der Waals surface area contributed by atoms with Crippen molar-refractivity contribution in [2.24, 2.45) is 0 Å². The minimum absolute atomic E-state index is 0.0452. The molecule has 0 atom stereocenters. The molecule has 0 saturated heterocycles. The second-order valence-electron chi connectivity index (χ2n) is 22.2. The van der Waals surface area contributed by atoms with Crippen molar-refractivity contribution >= 4 is 53.0 Å². The molecular weight excluding hydrogens is 1160 g/mol. The van der Waals surface area contributed by atoms with Crippen LogP contribution >= 0.6 is 0 Å². The standard InChI is InChI=1S/C73H90O18/c1-9-16-20-24-61(74)49-36-53-44-55-38-50(62(75)25-21-17-10-2)40-57(71(55)89-33-29-85-66(79)14-6)46-59-42-52(64(77)27-23-19-12-4)43-60(73(59)91-35-31-87-69(82)48-68(81)83-8)47-58-41-51(63(76)26-22-18-11-3)39-56(72(58)90-34-30-86-67(80)15-7)45-54(37-49)70(53)88-32-28-84-65(78)13-5/h13-15,36-43H,5-7,9-12,16-35,44-48H2,1-4,8H3. The molecule has 0 saturated carbocycles. The molecule has 0 unspecified atom stereocenters. The van der Waals surface area contributed by atoms with Gasteiger partial charge in [-0.05, 0) is 119 Å². The Morgan fingerprint density at radius 1 is 0.341 bits per heavy atom. The predicted octanol–water partition coefficient (Wildman–Crippen LogP) is 13.2. The summed E-state index contributed by atoms with van der Waals surface area (Å²) in [5.41, 5.74) is 5.07. The Morgan fingerprint density at radius 2 is 0.571 bits per heavy atom. The van der Waals surface area contributed by atoms with E-state index in [0.717, 1.165) is 76.7 Å². The third-order valence-corrected chi connectivity index (χ3v) is 15.1. The Labute approximate surface area is 535 Å². The van der Waals surface area contributed by atoms with Crippen LogP contribution in [0, 0.1) is 0 Å². The van der Waals surface area contributed by atoms with E-state index in [1.54, 1.807) is 48.5 Å². The largest absolute Gasteiger partial charge is 0.489 e. The van der Waals surface area contributed by atoms with E-state index in [-0.39, 0.29) is 145 Å². The lowest BCUT2D eigenvalue weighted by Crippen LogP contribution is -2.18. The van der Waals surface area contributed by atoms with Gasteiger partial charge in [0, 0.05) is 91.8 Å². The number of methoxy groups -OCH3 is 1. The lowest BCUT2D eigenvalue weighted by atomic mass is 9.86. The van der Waals surface area contributed by atoms with E-state index in [1.165, 1.54) is 0 Å². The first-order chi connectivity index (χ1) is 44.0. The Morgan fingerprint density at radius 3 is 0.780 bits per heavy atom. The molecule has 0 spiro atoms. The quantitative estimate of drug-likeness (QED) is 0.00883. The van der Waals surface area contributed by atoms with Gasteiger partial charge in [0.1, 0.15) is 82.3 Å². The van der Waals surface area contributed by atoms with Crippen molar-refractivity contribution in [3.8, 4) is 23.0 Å². The van der Waals surface area contributed by atoms with Gasteiger partial charge in [-0.15, -0.1) is 0 Å². The second-order valence-corrected chi connectivity index (χ2v) is 22.2. The second kappa shape index (κ2) is 39.5. The number of fused-ring (bicyclic) bond motifs is 8. The van der Waals surface area contributed by atoms with Crippen LogP contribution in [-0.2, 0) is 73.3 Å². The van der Waals surface area contributed by atoms with Gasteiger partial charge in [0.05, 0.1) is 7.11 Å². The summed E-state index contributed by atoms with van der Waals surface area (Å²) in [5.74, 6) is -3.19. The van der Waals surface area contributed by atoms with Crippen molar-refractivity contribution in [2.45, 2.75) is 163 Å². The Bertz CT molecular complexity index is 3070. The molecule has 91 heavy (non-hydrogen) atoms. The van der Waals surface area contributed by atoms with Gasteiger partial charge >= 0.3 is 29.8 Å². The zero-order valence-electron chi connectivity index (χ0n) is 53.8. The van der Waals surface area contributed by atoms with E-state index in [9.17, 15) is 43.2 Å². The van der Waals surface area contributed by atoms with Gasteiger partial charge < -0.3 is 42.6 Å². The van der Waals surface area contributed by atoms with Crippen LogP contribution in [0.4, 0.5) is 0 Å². The number of benzene rings is 4. The summed E-state index contributed by atoms with van der Waals surface area (Å²) in [6, 6.07) is 14.0. The first kappa shape index (κ1) is 73.1. The summed E-state index contributed by atoms with van der Waals surface area (Å²) < 4.78 is 53.4. The lowest BCUT2D eigenvalue weighted by molar-refractivity contribution is -0.153. The number of Topliss-reactive ketones (excluding diaryl/α,β-unsaturated/α-hetero) is 4. The van der Waals surface area contributed by atoms with Crippen LogP contribution in [0.15, 0.2) is 86.5 Å². The summed E-state index contributed by atoms with van der Waals surface area (Å²) in [7, 11) is 1.16. The Balaban J connectivity index is 2.02. The molecule has 18 heteroatoms. The minimum atomic E-state index is -0.852. The van der Waals surface area contributed by atoms with Gasteiger partial charge in [-0.25, -0.2) is 14.4 Å². The van der Waals surface area contributed by atoms with Crippen molar-refractivity contribution in [1.82, 2.24) is 0 Å². The van der Waals surface area contributed by atoms with Crippen LogP contribution in [0.25, 0.3) is 0 Å². The number of esters is 5. The van der Waals surface area contributed by atoms with Gasteiger partial charge in [-0.2, -0.15) is 0 Å². The summed E-state index contributed by atoms with van der Waals surface area (Å²) in [6.07, 6.45) is 12.2. The highest BCUT2D eigenvalue weighted by Crippen LogP contribution is 2.42. The zero-order valence-corrected chi connectivity index (χ0v) is 53.8. The van der Waals surface area contributed by atoms with Crippen LogP contribution in [0.5, 0.6) is 23.0 Å². The average molecular weight is 1260 g/mol. The molecule has 0 aliphatic heterocycles. The van der Waals surface area contributed by atoms with E-state index < -0.39 is 36.3 Å². The van der Waals surface area contributed by atoms with Crippen molar-refractivity contribution in [1.29, 1.82) is 0 Å². The van der Waals surface area contributed by atoms with Crippen LogP contribution in [0.3, 0.4) is 0 Å². The monoisotopic (exact) mass is 1250 g/mol. The fourth-order valence-electron chi connectivity index (χ4n) is 10.6. The van der Waals surface area contributed by atoms with Crippen molar-refractivity contribution in [3.05, 3.63) is 153 Å². The molecule has 0 aromatic heterocycles. The molecule has 0 fully saturated rings. The van der Waals surface area contributed by atoms with Crippen molar-refractivity contribution < 1.29 is 85.8 Å². The Hall–Kier alpha value is -8.67. The lowest BCUT2D eigenvalue weighted by Gasteiger charge is -2.25. The normalized spacial score (nSPS) is 11.5. The van der Waals surface area contributed by atoms with Crippen molar-refractivity contribution in [3.63, 3.8) is 0 Å². The molecule has 1 aliphatic rings. The highest BCUT2D eigenvalue weighted by atomic mass is 16.6. The van der Waals surface area contributed by atoms with E-state index >= 15 is 0 Å². The number of carbonyl (C=O) groups is 9. The topological polar surface area (TPSA) is 237 Å². The van der Waals surface area contributed by atoms with E-state index in [0.29, 0.717) is 98.2 Å². The fraction of sp³-hybridized carbons (Fsp3) is 0.466. The van der Waals surface area contributed by atoms with Crippen molar-refractivity contribution in [2.75, 3.05) is 60.0 Å². The predicted molar refractivity (Wildman–Crippen MR) is 344 cm³/mol. The highest BCUT2D eigenvalue weighted by Gasteiger charge is 2.28. The molecule has 18 nitrogen and oxygen atoms in total. The van der Waals surface area contributed by atoms with Gasteiger partial charge in [0.15, 0.2) is 23.1 Å². The van der Waals surface area contributed by atoms with Gasteiger partial charge in [0.25, 0.3) is 0 Å². The third kappa shape index (κ3) is 23.6. The van der Waals surface area contributed by atoms with Crippen LogP contribution in [0.2, 0.25) is 0 Å². The molecule has 490 valence electrons. The van der Waals surface area contributed by atoms with Gasteiger partial charge in [-0.3, -0.25) is 28.8 Å². The molecule has 0 radical (unpaired) electrons. The third-order valence-electron chi connectivity index (χ3n) is 15.1. The molecule has 1 aliphatic carbocycles. The number of ketones is 4. The summed E-state index contributed by atoms with van der Waals surface area (Å²) in [4.78, 5) is 121. The maximum Gasteiger partial charge on any atom is 0.330 e. The minimum Gasteiger partial charge on any atom is -0.489 e. The number of unbranched alkanes of at least 4 members (excludes halogenated alkanes) is 8. The maximum atomic E-state index is 14.7. The SMILES string of the molecule is C=CC(=O)OCCOc1c2cc(C(=O)CCCCC)cc1Cc1cc(C(=O)CCCCC)cc(c1OCCOC(=O)C=C)Cc1cc(C(=O)CCCCC)cc(c1OCCOC(=O)CC(=O)OC)Cc1cc(C(=O)CCCCC)cc(c1OCCOC(=O)C=C)C2. The van der Waals surface area contributed by atoms with E-state index in [1.807, 2.05) is 27.7 Å². The molecular formula is C73H90O18. The number of hydrogen-bond donors (Lipinski definition) is 0.